The number of carbonyl (C=O) groups excluding carboxylic acids is 3. The summed E-state index contributed by atoms with van der Waals surface area (Å²) < 4.78 is 20.2. The van der Waals surface area contributed by atoms with Crippen LogP contribution in [0.15, 0.2) is 42.5 Å². The van der Waals surface area contributed by atoms with Crippen molar-refractivity contribution < 1.29 is 28.6 Å². The van der Waals surface area contributed by atoms with Crippen molar-refractivity contribution in [3.8, 4) is 5.75 Å². The average Bonchev–Trinajstić information content (AvgIpc) is 2.91. The molecule has 0 spiro atoms. The number of nitrogens with zero attached hydrogens (tertiary/aromatic N) is 1. The number of hydrogen-bond donors (Lipinski definition) is 4. The predicted molar refractivity (Wildman–Crippen MR) is 150 cm³/mol. The second-order valence-corrected chi connectivity index (χ2v) is 10.3. The third-order valence-corrected chi connectivity index (χ3v) is 7.12. The van der Waals surface area contributed by atoms with Crippen LogP contribution >= 0.6 is 0 Å². The molecule has 0 saturated carbocycles. The molecule has 40 heavy (non-hydrogen) atoms. The van der Waals surface area contributed by atoms with Crippen molar-refractivity contribution in [2.24, 2.45) is 5.73 Å². The van der Waals surface area contributed by atoms with Gasteiger partial charge in [0, 0.05) is 32.6 Å². The second-order valence-electron chi connectivity index (χ2n) is 10.3. The number of halogens is 1. The Labute approximate surface area is 235 Å². The van der Waals surface area contributed by atoms with Gasteiger partial charge in [-0.2, -0.15) is 0 Å². The van der Waals surface area contributed by atoms with Gasteiger partial charge in [0.25, 0.3) is 0 Å². The highest BCUT2D eigenvalue weighted by Crippen LogP contribution is 2.20. The molecule has 5 N–H and O–H groups in total. The van der Waals surface area contributed by atoms with Crippen LogP contribution in [0.3, 0.4) is 0 Å². The van der Waals surface area contributed by atoms with Gasteiger partial charge in [-0.3, -0.25) is 14.4 Å². The van der Waals surface area contributed by atoms with Gasteiger partial charge < -0.3 is 31.1 Å². The van der Waals surface area contributed by atoms with Gasteiger partial charge in [-0.1, -0.05) is 31.2 Å². The maximum absolute atomic E-state index is 14.5. The predicted octanol–water partition coefficient (Wildman–Crippen LogP) is 2.22. The molecule has 1 aliphatic rings. The lowest BCUT2D eigenvalue weighted by Gasteiger charge is -2.31. The molecule has 3 atom stereocenters. The van der Waals surface area contributed by atoms with Crippen LogP contribution in [0, 0.1) is 5.82 Å². The SMILES string of the molecule is CCc1cccc(CNCC(O)C2Cc3cc(F)cc(c3)OCCCCCC(=O)N(C)C(CC(N)=O)C(=O)N2)c1. The van der Waals surface area contributed by atoms with Crippen LogP contribution in [0.2, 0.25) is 0 Å². The van der Waals surface area contributed by atoms with Crippen LogP contribution < -0.4 is 21.1 Å². The van der Waals surface area contributed by atoms with Crippen molar-refractivity contribution in [3.63, 3.8) is 0 Å². The van der Waals surface area contributed by atoms with Gasteiger partial charge in [-0.05, 0) is 60.9 Å². The lowest BCUT2D eigenvalue weighted by atomic mass is 9.99. The summed E-state index contributed by atoms with van der Waals surface area (Å²) in [6.45, 7) is 3.08. The Morgan fingerprint density at radius 2 is 1.98 bits per heavy atom. The van der Waals surface area contributed by atoms with E-state index in [0.717, 1.165) is 12.0 Å². The molecule has 218 valence electrons. The van der Waals surface area contributed by atoms with Crippen LogP contribution in [-0.4, -0.2) is 66.1 Å². The molecule has 2 aromatic carbocycles. The normalized spacial score (nSPS) is 19.9. The van der Waals surface area contributed by atoms with E-state index in [1.54, 1.807) is 6.07 Å². The number of likely N-dealkylation sites (N-methyl/N-ethyl adjacent to an activating group) is 1. The molecule has 3 amide bonds. The van der Waals surface area contributed by atoms with Crippen molar-refractivity contribution >= 4 is 17.7 Å². The third-order valence-electron chi connectivity index (χ3n) is 7.12. The highest BCUT2D eigenvalue weighted by Gasteiger charge is 2.32. The Bertz CT molecular complexity index is 1160. The van der Waals surface area contributed by atoms with Gasteiger partial charge in [-0.15, -0.1) is 0 Å². The average molecular weight is 557 g/mol. The molecule has 1 aliphatic heterocycles. The van der Waals surface area contributed by atoms with E-state index in [0.29, 0.717) is 43.7 Å². The van der Waals surface area contributed by atoms with E-state index < -0.39 is 35.8 Å². The number of ether oxygens (including phenoxy) is 1. The molecule has 0 aromatic heterocycles. The largest absolute Gasteiger partial charge is 0.493 e. The van der Waals surface area contributed by atoms with Crippen LogP contribution in [0.4, 0.5) is 4.39 Å². The Morgan fingerprint density at radius 3 is 2.73 bits per heavy atom. The number of primary amides is 1. The Kier molecular flexibility index (Phi) is 11.9. The van der Waals surface area contributed by atoms with Crippen LogP contribution in [0.25, 0.3) is 0 Å². The summed E-state index contributed by atoms with van der Waals surface area (Å²) in [5, 5.41) is 17.2. The number of hydrogen-bond acceptors (Lipinski definition) is 6. The number of nitrogens with two attached hydrogens (primary N) is 1. The Balaban J connectivity index is 1.84. The minimum atomic E-state index is -1.14. The van der Waals surface area contributed by atoms with E-state index >= 15 is 0 Å². The smallest absolute Gasteiger partial charge is 0.243 e. The van der Waals surface area contributed by atoms with Crippen molar-refractivity contribution in [1.82, 2.24) is 15.5 Å². The quantitative estimate of drug-likeness (QED) is 0.394. The van der Waals surface area contributed by atoms with Gasteiger partial charge >= 0.3 is 0 Å². The number of fused-ring (bicyclic) bond motifs is 2. The number of amides is 3. The number of aliphatic hydroxyl groups excluding tert-OH is 1. The monoisotopic (exact) mass is 556 g/mol. The minimum absolute atomic E-state index is 0.0922. The standard InChI is InChI=1S/C30H41FN4O5/c1-3-20-8-7-9-21(12-20)18-33-19-27(36)25-15-22-13-23(31)16-24(14-22)40-11-6-4-5-10-29(38)35(2)26(17-28(32)37)30(39)34-25/h7-9,12-14,16,25-27,33,36H,3-6,10-11,15,17-19H2,1-2H3,(H2,32,37)(H,34,39). The highest BCUT2D eigenvalue weighted by molar-refractivity contribution is 5.91. The number of aryl methyl sites for hydroxylation is 1. The fourth-order valence-corrected chi connectivity index (χ4v) is 4.80. The topological polar surface area (TPSA) is 134 Å². The summed E-state index contributed by atoms with van der Waals surface area (Å²) in [6, 6.07) is 10.4. The van der Waals surface area contributed by atoms with Crippen LogP contribution in [0.1, 0.15) is 55.7 Å². The summed E-state index contributed by atoms with van der Waals surface area (Å²) in [4.78, 5) is 39.3. The number of nitrogens with one attached hydrogen (secondary N) is 2. The molecule has 0 radical (unpaired) electrons. The Morgan fingerprint density at radius 1 is 1.20 bits per heavy atom. The molecule has 3 unspecified atom stereocenters. The van der Waals surface area contributed by atoms with Crippen molar-refractivity contribution in [3.05, 3.63) is 65.0 Å². The van der Waals surface area contributed by atoms with Gasteiger partial charge in [0.2, 0.25) is 17.7 Å². The third kappa shape index (κ3) is 9.60. The zero-order valence-corrected chi connectivity index (χ0v) is 23.3. The summed E-state index contributed by atoms with van der Waals surface area (Å²) in [5.41, 5.74) is 8.20. The first kappa shape index (κ1) is 31.0. The number of rotatable bonds is 8. The van der Waals surface area contributed by atoms with E-state index in [1.165, 1.54) is 29.6 Å². The molecule has 0 saturated heterocycles. The lowest BCUT2D eigenvalue weighted by Crippen LogP contribution is -2.55. The van der Waals surface area contributed by atoms with E-state index in [2.05, 4.69) is 23.6 Å². The number of benzene rings is 2. The second kappa shape index (κ2) is 15.3. The first-order valence-electron chi connectivity index (χ1n) is 13.9. The fraction of sp³-hybridized carbons (Fsp3) is 0.500. The highest BCUT2D eigenvalue weighted by atomic mass is 19.1. The first-order valence-corrected chi connectivity index (χ1v) is 13.9. The zero-order chi connectivity index (χ0) is 29.1. The van der Waals surface area contributed by atoms with Gasteiger partial charge in [0.15, 0.2) is 0 Å². The number of aliphatic hydroxyl groups is 1. The molecule has 2 bridgehead atoms. The first-order chi connectivity index (χ1) is 19.2. The Hall–Kier alpha value is -3.50. The molecule has 0 aliphatic carbocycles. The van der Waals surface area contributed by atoms with Gasteiger partial charge in [0.1, 0.15) is 17.6 Å². The van der Waals surface area contributed by atoms with E-state index in [-0.39, 0.29) is 31.7 Å². The zero-order valence-electron chi connectivity index (χ0n) is 23.3. The van der Waals surface area contributed by atoms with Crippen molar-refractivity contribution in [1.29, 1.82) is 0 Å². The van der Waals surface area contributed by atoms with Crippen molar-refractivity contribution in [2.45, 2.75) is 76.6 Å². The van der Waals surface area contributed by atoms with Crippen molar-refractivity contribution in [2.75, 3.05) is 20.2 Å². The molecule has 3 rings (SSSR count). The fourth-order valence-electron chi connectivity index (χ4n) is 4.80. The van der Waals surface area contributed by atoms with Crippen LogP contribution in [0.5, 0.6) is 5.75 Å². The summed E-state index contributed by atoms with van der Waals surface area (Å²) in [5.74, 6) is -1.75. The number of carbonyl (C=O) groups is 3. The van der Waals surface area contributed by atoms with E-state index in [4.69, 9.17) is 10.5 Å². The summed E-state index contributed by atoms with van der Waals surface area (Å²) >= 11 is 0. The summed E-state index contributed by atoms with van der Waals surface area (Å²) in [6.07, 6.45) is 1.71. The molecule has 0 fully saturated rings. The molecule has 10 heteroatoms. The molecular weight excluding hydrogens is 515 g/mol. The van der Waals surface area contributed by atoms with Crippen LogP contribution in [-0.2, 0) is 33.8 Å². The molecule has 2 aromatic rings. The van der Waals surface area contributed by atoms with Gasteiger partial charge in [-0.25, -0.2) is 4.39 Å². The molecular formula is C30H41FN4O5. The lowest BCUT2D eigenvalue weighted by molar-refractivity contribution is -0.141. The van der Waals surface area contributed by atoms with Gasteiger partial charge in [0.05, 0.1) is 25.2 Å². The maximum Gasteiger partial charge on any atom is 0.243 e. The minimum Gasteiger partial charge on any atom is -0.493 e. The van der Waals surface area contributed by atoms with E-state index in [9.17, 15) is 23.9 Å². The summed E-state index contributed by atoms with van der Waals surface area (Å²) in [7, 11) is 1.47. The van der Waals surface area contributed by atoms with E-state index in [1.807, 2.05) is 18.2 Å². The maximum atomic E-state index is 14.5. The molecule has 9 nitrogen and oxygen atoms in total. The molecule has 1 heterocycles.